The number of methoxy groups -OCH3 is 1. The van der Waals surface area contributed by atoms with Crippen LogP contribution in [0.5, 0.6) is 5.75 Å². The summed E-state index contributed by atoms with van der Waals surface area (Å²) in [7, 11) is 1.56. The van der Waals surface area contributed by atoms with E-state index in [4.69, 9.17) is 4.74 Å². The van der Waals surface area contributed by atoms with E-state index in [1.165, 1.54) is 5.56 Å². The molecule has 0 bridgehead atoms. The van der Waals surface area contributed by atoms with Crippen molar-refractivity contribution in [3.8, 4) is 5.75 Å². The molecule has 2 rings (SSSR count). The van der Waals surface area contributed by atoms with Crippen molar-refractivity contribution >= 4 is 5.78 Å². The predicted octanol–water partition coefficient (Wildman–Crippen LogP) is 3.44. The van der Waals surface area contributed by atoms with Gasteiger partial charge in [0.15, 0.2) is 5.78 Å². The molecular formula is C16H17NO2. The number of rotatable bonds is 4. The maximum absolute atomic E-state index is 12.3. The minimum absolute atomic E-state index is 0.0401. The molecule has 1 heterocycles. The number of nitrogens with zero attached hydrogens (tertiary/aromatic N) is 1. The number of carbonyl (C=O) groups is 1. The Balaban J connectivity index is 2.28. The molecule has 0 radical (unpaired) electrons. The Bertz CT molecular complexity index is 574. The molecule has 0 N–H and O–H groups in total. The molecular weight excluding hydrogens is 238 g/mol. The highest BCUT2D eigenvalue weighted by molar-refractivity contribution is 6.09. The van der Waals surface area contributed by atoms with Gasteiger partial charge in [0, 0.05) is 17.3 Å². The van der Waals surface area contributed by atoms with Gasteiger partial charge in [0.2, 0.25) is 0 Å². The van der Waals surface area contributed by atoms with E-state index >= 15 is 0 Å². The lowest BCUT2D eigenvalue weighted by molar-refractivity contribution is 0.103. The second-order valence-electron chi connectivity index (χ2n) is 4.72. The Hall–Kier alpha value is -2.16. The predicted molar refractivity (Wildman–Crippen MR) is 74.8 cm³/mol. The Morgan fingerprint density at radius 2 is 1.79 bits per heavy atom. The van der Waals surface area contributed by atoms with Gasteiger partial charge in [-0.1, -0.05) is 38.1 Å². The van der Waals surface area contributed by atoms with Crippen molar-refractivity contribution in [2.24, 2.45) is 0 Å². The molecule has 0 atom stereocenters. The first-order valence-electron chi connectivity index (χ1n) is 6.25. The van der Waals surface area contributed by atoms with E-state index in [2.05, 4.69) is 18.8 Å². The minimum atomic E-state index is -0.0401. The first-order chi connectivity index (χ1) is 9.11. The molecule has 0 unspecified atom stereocenters. The summed E-state index contributed by atoms with van der Waals surface area (Å²) in [5.74, 6) is 1.01. The summed E-state index contributed by atoms with van der Waals surface area (Å²) in [6, 6.07) is 9.40. The summed E-state index contributed by atoms with van der Waals surface area (Å²) in [6.07, 6.45) is 3.14. The summed E-state index contributed by atoms with van der Waals surface area (Å²) in [5, 5.41) is 0. The average molecular weight is 255 g/mol. The fraction of sp³-hybridized carbons (Fsp3) is 0.250. The van der Waals surface area contributed by atoms with Crippen molar-refractivity contribution in [1.29, 1.82) is 0 Å². The van der Waals surface area contributed by atoms with Crippen LogP contribution in [0.25, 0.3) is 0 Å². The van der Waals surface area contributed by atoms with E-state index < -0.39 is 0 Å². The number of pyridine rings is 1. The Labute approximate surface area is 113 Å². The van der Waals surface area contributed by atoms with Crippen LogP contribution in [0.4, 0.5) is 0 Å². The molecule has 2 aromatic rings. The van der Waals surface area contributed by atoms with Gasteiger partial charge >= 0.3 is 0 Å². The first kappa shape index (κ1) is 13.3. The number of aromatic nitrogens is 1. The molecule has 0 aliphatic carbocycles. The van der Waals surface area contributed by atoms with E-state index in [0.29, 0.717) is 22.8 Å². The molecule has 0 amide bonds. The van der Waals surface area contributed by atoms with Crippen LogP contribution >= 0.6 is 0 Å². The Morgan fingerprint density at radius 3 is 2.37 bits per heavy atom. The van der Waals surface area contributed by atoms with Gasteiger partial charge < -0.3 is 4.74 Å². The second-order valence-corrected chi connectivity index (χ2v) is 4.72. The van der Waals surface area contributed by atoms with Crippen molar-refractivity contribution < 1.29 is 9.53 Å². The van der Waals surface area contributed by atoms with Crippen molar-refractivity contribution in [1.82, 2.24) is 4.98 Å². The lowest BCUT2D eigenvalue weighted by Gasteiger charge is -2.07. The summed E-state index contributed by atoms with van der Waals surface area (Å²) < 4.78 is 5.08. The summed E-state index contributed by atoms with van der Waals surface area (Å²) >= 11 is 0. The van der Waals surface area contributed by atoms with Crippen molar-refractivity contribution in [3.05, 3.63) is 59.4 Å². The third-order valence-corrected chi connectivity index (χ3v) is 3.05. The molecule has 0 saturated heterocycles. The van der Waals surface area contributed by atoms with Gasteiger partial charge in [-0.2, -0.15) is 0 Å². The van der Waals surface area contributed by atoms with Crippen LogP contribution in [0.15, 0.2) is 42.7 Å². The van der Waals surface area contributed by atoms with Crippen LogP contribution in [0.3, 0.4) is 0 Å². The van der Waals surface area contributed by atoms with Crippen LogP contribution in [0.1, 0.15) is 41.3 Å². The third-order valence-electron chi connectivity index (χ3n) is 3.05. The van der Waals surface area contributed by atoms with Crippen LogP contribution in [0, 0.1) is 0 Å². The van der Waals surface area contributed by atoms with Gasteiger partial charge in [0.1, 0.15) is 5.75 Å². The number of hydrogen-bond acceptors (Lipinski definition) is 3. The zero-order valence-electron chi connectivity index (χ0n) is 11.4. The molecule has 0 fully saturated rings. The van der Waals surface area contributed by atoms with Gasteiger partial charge in [-0.05, 0) is 17.5 Å². The van der Waals surface area contributed by atoms with Crippen LogP contribution in [-0.4, -0.2) is 17.9 Å². The normalized spacial score (nSPS) is 10.5. The molecule has 0 aliphatic heterocycles. The van der Waals surface area contributed by atoms with E-state index in [9.17, 15) is 4.79 Å². The number of carbonyl (C=O) groups excluding carboxylic acids is 1. The average Bonchev–Trinajstić information content (AvgIpc) is 2.46. The SMILES string of the molecule is COc1cncc(C(=O)c2ccc(C(C)C)cc2)c1. The fourth-order valence-electron chi connectivity index (χ4n) is 1.84. The largest absolute Gasteiger partial charge is 0.495 e. The topological polar surface area (TPSA) is 39.2 Å². The quantitative estimate of drug-likeness (QED) is 0.785. The van der Waals surface area contributed by atoms with Crippen molar-refractivity contribution in [3.63, 3.8) is 0 Å². The van der Waals surface area contributed by atoms with Crippen LogP contribution in [-0.2, 0) is 0 Å². The van der Waals surface area contributed by atoms with Crippen LogP contribution in [0.2, 0.25) is 0 Å². The van der Waals surface area contributed by atoms with Gasteiger partial charge in [0.05, 0.1) is 13.3 Å². The van der Waals surface area contributed by atoms with Gasteiger partial charge in [-0.15, -0.1) is 0 Å². The van der Waals surface area contributed by atoms with E-state index in [-0.39, 0.29) is 5.78 Å². The number of benzene rings is 1. The van der Waals surface area contributed by atoms with Crippen molar-refractivity contribution in [2.45, 2.75) is 19.8 Å². The zero-order chi connectivity index (χ0) is 13.8. The molecule has 3 nitrogen and oxygen atoms in total. The standard InChI is InChI=1S/C16H17NO2/c1-11(2)12-4-6-13(7-5-12)16(18)14-8-15(19-3)10-17-9-14/h4-11H,1-3H3. The minimum Gasteiger partial charge on any atom is -0.495 e. The van der Waals surface area contributed by atoms with Gasteiger partial charge in [-0.3, -0.25) is 9.78 Å². The van der Waals surface area contributed by atoms with E-state index in [1.807, 2.05) is 24.3 Å². The lowest BCUT2D eigenvalue weighted by Crippen LogP contribution is -2.02. The highest BCUT2D eigenvalue weighted by Crippen LogP contribution is 2.18. The monoisotopic (exact) mass is 255 g/mol. The smallest absolute Gasteiger partial charge is 0.194 e. The Morgan fingerprint density at radius 1 is 1.11 bits per heavy atom. The fourth-order valence-corrected chi connectivity index (χ4v) is 1.84. The van der Waals surface area contributed by atoms with E-state index in [0.717, 1.165) is 0 Å². The lowest BCUT2D eigenvalue weighted by atomic mass is 9.99. The highest BCUT2D eigenvalue weighted by atomic mass is 16.5. The molecule has 0 spiro atoms. The molecule has 3 heteroatoms. The Kier molecular flexibility index (Phi) is 3.95. The van der Waals surface area contributed by atoms with Crippen LogP contribution < -0.4 is 4.74 Å². The number of ether oxygens (including phenoxy) is 1. The summed E-state index contributed by atoms with van der Waals surface area (Å²) in [4.78, 5) is 16.3. The molecule has 0 aliphatic rings. The molecule has 0 saturated carbocycles. The molecule has 98 valence electrons. The number of hydrogen-bond donors (Lipinski definition) is 0. The maximum atomic E-state index is 12.3. The summed E-state index contributed by atoms with van der Waals surface area (Å²) in [5.41, 5.74) is 2.43. The summed E-state index contributed by atoms with van der Waals surface area (Å²) in [6.45, 7) is 4.26. The molecule has 1 aromatic heterocycles. The molecule has 1 aromatic carbocycles. The van der Waals surface area contributed by atoms with Gasteiger partial charge in [-0.25, -0.2) is 0 Å². The first-order valence-corrected chi connectivity index (χ1v) is 6.25. The maximum Gasteiger partial charge on any atom is 0.194 e. The highest BCUT2D eigenvalue weighted by Gasteiger charge is 2.10. The van der Waals surface area contributed by atoms with Crippen molar-refractivity contribution in [2.75, 3.05) is 7.11 Å². The second kappa shape index (κ2) is 5.65. The molecule has 19 heavy (non-hydrogen) atoms. The van der Waals surface area contributed by atoms with E-state index in [1.54, 1.807) is 25.6 Å². The number of ketones is 1. The zero-order valence-corrected chi connectivity index (χ0v) is 11.4. The van der Waals surface area contributed by atoms with Gasteiger partial charge in [0.25, 0.3) is 0 Å². The third kappa shape index (κ3) is 2.99.